The molecule has 0 aliphatic carbocycles. The molecule has 1 fully saturated rings. The molecule has 1 heterocycles. The molecule has 16 heavy (non-hydrogen) atoms. The van der Waals surface area contributed by atoms with E-state index in [1.807, 2.05) is 7.05 Å². The van der Waals surface area contributed by atoms with Crippen molar-refractivity contribution in [2.24, 2.45) is 16.8 Å². The summed E-state index contributed by atoms with van der Waals surface area (Å²) in [7, 11) is 1.82. The number of ether oxygens (including phenoxy) is 1. The van der Waals surface area contributed by atoms with Gasteiger partial charge in [-0.25, -0.2) is 0 Å². The van der Waals surface area contributed by atoms with Crippen LogP contribution in [-0.2, 0) is 4.74 Å². The predicted octanol–water partition coefficient (Wildman–Crippen LogP) is 1.23. The van der Waals surface area contributed by atoms with E-state index < -0.39 is 0 Å². The minimum atomic E-state index is 0.642. The summed E-state index contributed by atoms with van der Waals surface area (Å²) in [5.41, 5.74) is 0. The van der Waals surface area contributed by atoms with Gasteiger partial charge in [0, 0.05) is 32.7 Å². The summed E-state index contributed by atoms with van der Waals surface area (Å²) in [6.07, 6.45) is 2.34. The third kappa shape index (κ3) is 5.35. The first-order valence-electron chi connectivity index (χ1n) is 6.24. The van der Waals surface area contributed by atoms with E-state index in [1.165, 1.54) is 6.42 Å². The van der Waals surface area contributed by atoms with Gasteiger partial charge in [0.05, 0.1) is 6.61 Å². The quantitative estimate of drug-likeness (QED) is 0.548. The number of aliphatic imine (C=N–C) groups is 1. The van der Waals surface area contributed by atoms with E-state index >= 15 is 0 Å². The van der Waals surface area contributed by atoms with E-state index in [2.05, 4.69) is 29.5 Å². The van der Waals surface area contributed by atoms with Gasteiger partial charge in [-0.05, 0) is 18.8 Å². The molecule has 0 radical (unpaired) electrons. The number of guanidine groups is 1. The Morgan fingerprint density at radius 1 is 1.44 bits per heavy atom. The average molecular weight is 227 g/mol. The first kappa shape index (κ1) is 13.3. The average Bonchev–Trinajstić information content (AvgIpc) is 2.75. The molecule has 0 saturated carbocycles. The van der Waals surface area contributed by atoms with Gasteiger partial charge >= 0.3 is 0 Å². The fraction of sp³-hybridized carbons (Fsp3) is 0.917. The maximum atomic E-state index is 5.34. The van der Waals surface area contributed by atoms with Gasteiger partial charge < -0.3 is 15.4 Å². The Bertz CT molecular complexity index is 210. The molecule has 1 unspecified atom stereocenters. The van der Waals surface area contributed by atoms with E-state index in [9.17, 15) is 0 Å². The van der Waals surface area contributed by atoms with Crippen LogP contribution in [0, 0.1) is 11.8 Å². The minimum Gasteiger partial charge on any atom is -0.381 e. The Balaban J connectivity index is 2.11. The Morgan fingerprint density at radius 3 is 2.81 bits per heavy atom. The van der Waals surface area contributed by atoms with E-state index in [1.54, 1.807) is 0 Å². The van der Waals surface area contributed by atoms with Crippen LogP contribution in [0.3, 0.4) is 0 Å². The monoisotopic (exact) mass is 227 g/mol. The zero-order valence-electron chi connectivity index (χ0n) is 10.8. The highest BCUT2D eigenvalue weighted by molar-refractivity contribution is 5.79. The SMILES string of the molecule is CN=C(NCCC(C)C)NCC1CCOC1. The Labute approximate surface area is 98.9 Å². The number of hydrogen-bond acceptors (Lipinski definition) is 2. The van der Waals surface area contributed by atoms with E-state index in [0.29, 0.717) is 5.92 Å². The van der Waals surface area contributed by atoms with E-state index in [0.717, 1.165) is 44.6 Å². The normalized spacial score (nSPS) is 21.5. The molecule has 1 aliphatic rings. The third-order valence-corrected chi connectivity index (χ3v) is 2.82. The van der Waals surface area contributed by atoms with Gasteiger partial charge in [0.1, 0.15) is 0 Å². The smallest absolute Gasteiger partial charge is 0.190 e. The Kier molecular flexibility index (Phi) is 6.23. The first-order chi connectivity index (χ1) is 7.72. The molecule has 0 amide bonds. The minimum absolute atomic E-state index is 0.642. The van der Waals surface area contributed by atoms with Gasteiger partial charge in [0.2, 0.25) is 0 Å². The molecule has 0 bridgehead atoms. The van der Waals surface area contributed by atoms with Crippen molar-refractivity contribution in [3.63, 3.8) is 0 Å². The summed E-state index contributed by atoms with van der Waals surface area (Å²) in [5.74, 6) is 2.28. The highest BCUT2D eigenvalue weighted by Crippen LogP contribution is 2.10. The van der Waals surface area contributed by atoms with Crippen molar-refractivity contribution in [1.29, 1.82) is 0 Å². The van der Waals surface area contributed by atoms with Crippen molar-refractivity contribution in [1.82, 2.24) is 10.6 Å². The first-order valence-corrected chi connectivity index (χ1v) is 6.24. The molecule has 4 heteroatoms. The van der Waals surface area contributed by atoms with Crippen LogP contribution in [0.2, 0.25) is 0 Å². The van der Waals surface area contributed by atoms with Crippen LogP contribution >= 0.6 is 0 Å². The number of nitrogens with zero attached hydrogens (tertiary/aromatic N) is 1. The van der Waals surface area contributed by atoms with Crippen LogP contribution in [0.1, 0.15) is 26.7 Å². The Hall–Kier alpha value is -0.770. The lowest BCUT2D eigenvalue weighted by Crippen LogP contribution is -2.40. The lowest BCUT2D eigenvalue weighted by molar-refractivity contribution is 0.186. The molecule has 94 valence electrons. The lowest BCUT2D eigenvalue weighted by atomic mass is 10.1. The highest BCUT2D eigenvalue weighted by Gasteiger charge is 2.15. The zero-order chi connectivity index (χ0) is 11.8. The fourth-order valence-corrected chi connectivity index (χ4v) is 1.69. The molecule has 4 nitrogen and oxygen atoms in total. The molecule has 1 saturated heterocycles. The van der Waals surface area contributed by atoms with Crippen molar-refractivity contribution < 1.29 is 4.74 Å². The molecule has 0 aromatic rings. The van der Waals surface area contributed by atoms with Crippen molar-refractivity contribution in [2.45, 2.75) is 26.7 Å². The van der Waals surface area contributed by atoms with Crippen LogP contribution in [0.15, 0.2) is 4.99 Å². The molecule has 1 atom stereocenters. The van der Waals surface area contributed by atoms with Gasteiger partial charge in [-0.15, -0.1) is 0 Å². The van der Waals surface area contributed by atoms with Crippen LogP contribution in [-0.4, -0.2) is 39.3 Å². The molecule has 1 rings (SSSR count). The molecular formula is C12H25N3O. The summed E-state index contributed by atoms with van der Waals surface area (Å²) in [5, 5.41) is 6.67. The second-order valence-electron chi connectivity index (χ2n) is 4.79. The van der Waals surface area contributed by atoms with Gasteiger partial charge in [-0.3, -0.25) is 4.99 Å². The number of nitrogens with one attached hydrogen (secondary N) is 2. The molecule has 0 spiro atoms. The van der Waals surface area contributed by atoms with Gasteiger partial charge in [-0.2, -0.15) is 0 Å². The third-order valence-electron chi connectivity index (χ3n) is 2.82. The van der Waals surface area contributed by atoms with Crippen molar-refractivity contribution in [2.75, 3.05) is 33.4 Å². The summed E-state index contributed by atoms with van der Waals surface area (Å²) in [4.78, 5) is 4.20. The van der Waals surface area contributed by atoms with Crippen LogP contribution < -0.4 is 10.6 Å². The number of hydrogen-bond donors (Lipinski definition) is 2. The predicted molar refractivity (Wildman–Crippen MR) is 67.7 cm³/mol. The molecular weight excluding hydrogens is 202 g/mol. The second-order valence-corrected chi connectivity index (χ2v) is 4.79. The Morgan fingerprint density at radius 2 is 2.25 bits per heavy atom. The molecule has 1 aliphatic heterocycles. The van der Waals surface area contributed by atoms with Crippen LogP contribution in [0.5, 0.6) is 0 Å². The molecule has 2 N–H and O–H groups in total. The maximum absolute atomic E-state index is 5.34. The summed E-state index contributed by atoms with van der Waals surface area (Å²) in [6.45, 7) is 8.20. The van der Waals surface area contributed by atoms with Crippen molar-refractivity contribution >= 4 is 5.96 Å². The molecule has 0 aromatic heterocycles. The van der Waals surface area contributed by atoms with Gasteiger partial charge in [0.15, 0.2) is 5.96 Å². The topological polar surface area (TPSA) is 45.7 Å². The summed E-state index contributed by atoms with van der Waals surface area (Å²) >= 11 is 0. The second kappa shape index (κ2) is 7.49. The molecule has 0 aromatic carbocycles. The largest absolute Gasteiger partial charge is 0.381 e. The van der Waals surface area contributed by atoms with E-state index in [-0.39, 0.29) is 0 Å². The van der Waals surface area contributed by atoms with Crippen LogP contribution in [0.25, 0.3) is 0 Å². The van der Waals surface area contributed by atoms with E-state index in [4.69, 9.17) is 4.74 Å². The summed E-state index contributed by atoms with van der Waals surface area (Å²) in [6, 6.07) is 0. The van der Waals surface area contributed by atoms with Crippen molar-refractivity contribution in [3.05, 3.63) is 0 Å². The fourth-order valence-electron chi connectivity index (χ4n) is 1.69. The zero-order valence-corrected chi connectivity index (χ0v) is 10.8. The van der Waals surface area contributed by atoms with Gasteiger partial charge in [0.25, 0.3) is 0 Å². The maximum Gasteiger partial charge on any atom is 0.190 e. The standard InChI is InChI=1S/C12H25N3O/c1-10(2)4-6-14-12(13-3)15-8-11-5-7-16-9-11/h10-11H,4-9H2,1-3H3,(H2,13,14,15). The van der Waals surface area contributed by atoms with Gasteiger partial charge in [-0.1, -0.05) is 13.8 Å². The van der Waals surface area contributed by atoms with Crippen LogP contribution in [0.4, 0.5) is 0 Å². The number of rotatable bonds is 5. The lowest BCUT2D eigenvalue weighted by Gasteiger charge is -2.14. The highest BCUT2D eigenvalue weighted by atomic mass is 16.5. The summed E-state index contributed by atoms with van der Waals surface area (Å²) < 4.78 is 5.34. The van der Waals surface area contributed by atoms with Crippen molar-refractivity contribution in [3.8, 4) is 0 Å².